The van der Waals surface area contributed by atoms with Crippen LogP contribution in [-0.2, 0) is 11.2 Å². The molecule has 1 aliphatic rings. The van der Waals surface area contributed by atoms with Crippen molar-refractivity contribution in [1.29, 1.82) is 0 Å². The molecular formula is C10H15NOS. The summed E-state index contributed by atoms with van der Waals surface area (Å²) in [7, 11) is 0. The van der Waals surface area contributed by atoms with E-state index >= 15 is 0 Å². The number of nitrogens with one attached hydrogen (secondary N) is 1. The second kappa shape index (κ2) is 3.78. The van der Waals surface area contributed by atoms with E-state index in [1.54, 1.807) is 11.3 Å². The van der Waals surface area contributed by atoms with Crippen molar-refractivity contribution in [3.05, 3.63) is 22.4 Å². The predicted octanol–water partition coefficient (Wildman–Crippen LogP) is 1.67. The van der Waals surface area contributed by atoms with Crippen molar-refractivity contribution < 1.29 is 4.74 Å². The standard InChI is InChI=1S/C10H15NOS/c1-10(7-11-8-10)12-4-2-9-3-5-13-6-9/h3,5-6,11H,2,4,7-8H2,1H3. The van der Waals surface area contributed by atoms with E-state index in [1.807, 2.05) is 0 Å². The summed E-state index contributed by atoms with van der Waals surface area (Å²) >= 11 is 1.75. The van der Waals surface area contributed by atoms with Crippen LogP contribution in [0.15, 0.2) is 16.8 Å². The molecule has 1 aromatic rings. The number of hydrogen-bond acceptors (Lipinski definition) is 3. The zero-order chi connectivity index (χ0) is 9.15. The van der Waals surface area contributed by atoms with Crippen molar-refractivity contribution in [1.82, 2.24) is 5.32 Å². The van der Waals surface area contributed by atoms with E-state index in [0.29, 0.717) is 0 Å². The highest BCUT2D eigenvalue weighted by atomic mass is 32.1. The molecular weight excluding hydrogens is 182 g/mol. The molecule has 0 radical (unpaired) electrons. The average molecular weight is 197 g/mol. The maximum Gasteiger partial charge on any atom is 0.0901 e. The Kier molecular flexibility index (Phi) is 2.67. The van der Waals surface area contributed by atoms with Crippen LogP contribution in [0.3, 0.4) is 0 Å². The van der Waals surface area contributed by atoms with Gasteiger partial charge < -0.3 is 10.1 Å². The molecule has 1 saturated heterocycles. The van der Waals surface area contributed by atoms with Gasteiger partial charge in [0.25, 0.3) is 0 Å². The fraction of sp³-hybridized carbons (Fsp3) is 0.600. The highest BCUT2D eigenvalue weighted by molar-refractivity contribution is 7.07. The van der Waals surface area contributed by atoms with E-state index in [4.69, 9.17) is 4.74 Å². The summed E-state index contributed by atoms with van der Waals surface area (Å²) in [6, 6.07) is 2.16. The Bertz CT molecular complexity index is 254. The first-order valence-electron chi connectivity index (χ1n) is 4.64. The second-order valence-corrected chi connectivity index (χ2v) is 4.56. The van der Waals surface area contributed by atoms with Crippen LogP contribution in [0, 0.1) is 0 Å². The first-order chi connectivity index (χ1) is 6.29. The van der Waals surface area contributed by atoms with E-state index in [9.17, 15) is 0 Å². The molecule has 13 heavy (non-hydrogen) atoms. The van der Waals surface area contributed by atoms with Crippen LogP contribution >= 0.6 is 11.3 Å². The van der Waals surface area contributed by atoms with Gasteiger partial charge in [-0.15, -0.1) is 0 Å². The monoisotopic (exact) mass is 197 g/mol. The summed E-state index contributed by atoms with van der Waals surface area (Å²) in [5, 5.41) is 7.52. The molecule has 1 aromatic heterocycles. The topological polar surface area (TPSA) is 21.3 Å². The lowest BCUT2D eigenvalue weighted by Gasteiger charge is -2.39. The number of hydrogen-bond donors (Lipinski definition) is 1. The van der Waals surface area contributed by atoms with Crippen LogP contribution in [-0.4, -0.2) is 25.3 Å². The zero-order valence-corrected chi connectivity index (χ0v) is 8.69. The Morgan fingerprint density at radius 3 is 3.00 bits per heavy atom. The van der Waals surface area contributed by atoms with Crippen LogP contribution in [0.5, 0.6) is 0 Å². The highest BCUT2D eigenvalue weighted by Crippen LogP contribution is 2.16. The maximum atomic E-state index is 5.78. The van der Waals surface area contributed by atoms with Crippen molar-refractivity contribution in [2.75, 3.05) is 19.7 Å². The highest BCUT2D eigenvalue weighted by Gasteiger charge is 2.31. The predicted molar refractivity (Wildman–Crippen MR) is 55.2 cm³/mol. The summed E-state index contributed by atoms with van der Waals surface area (Å²) in [6.45, 7) is 5.00. The Labute approximate surface area is 82.9 Å². The van der Waals surface area contributed by atoms with Gasteiger partial charge in [-0.2, -0.15) is 11.3 Å². The Balaban J connectivity index is 1.69. The van der Waals surface area contributed by atoms with Crippen LogP contribution in [0.2, 0.25) is 0 Å². The minimum atomic E-state index is 0.107. The number of thiophene rings is 1. The van der Waals surface area contributed by atoms with Gasteiger partial charge in [-0.3, -0.25) is 0 Å². The van der Waals surface area contributed by atoms with Gasteiger partial charge in [0.2, 0.25) is 0 Å². The molecule has 2 heterocycles. The molecule has 72 valence electrons. The molecule has 0 atom stereocenters. The van der Waals surface area contributed by atoms with Crippen molar-refractivity contribution in [3.63, 3.8) is 0 Å². The van der Waals surface area contributed by atoms with E-state index in [0.717, 1.165) is 26.1 Å². The Morgan fingerprint density at radius 2 is 2.46 bits per heavy atom. The Morgan fingerprint density at radius 1 is 1.62 bits per heavy atom. The molecule has 0 bridgehead atoms. The molecule has 0 aliphatic carbocycles. The maximum absolute atomic E-state index is 5.78. The van der Waals surface area contributed by atoms with Crippen LogP contribution in [0.1, 0.15) is 12.5 Å². The molecule has 1 aliphatic heterocycles. The summed E-state index contributed by atoms with van der Waals surface area (Å²) in [5.41, 5.74) is 1.50. The van der Waals surface area contributed by atoms with Gasteiger partial charge in [-0.05, 0) is 35.7 Å². The van der Waals surface area contributed by atoms with Crippen LogP contribution in [0.4, 0.5) is 0 Å². The molecule has 0 amide bonds. The number of rotatable bonds is 4. The van der Waals surface area contributed by atoms with E-state index in [1.165, 1.54) is 5.56 Å². The molecule has 2 rings (SSSR count). The quantitative estimate of drug-likeness (QED) is 0.792. The fourth-order valence-electron chi connectivity index (χ4n) is 1.43. The van der Waals surface area contributed by atoms with Crippen molar-refractivity contribution in [3.8, 4) is 0 Å². The minimum Gasteiger partial charge on any atom is -0.372 e. The van der Waals surface area contributed by atoms with Crippen LogP contribution in [0.25, 0.3) is 0 Å². The molecule has 1 fully saturated rings. The molecule has 0 saturated carbocycles. The van der Waals surface area contributed by atoms with Gasteiger partial charge >= 0.3 is 0 Å². The minimum absolute atomic E-state index is 0.107. The van der Waals surface area contributed by atoms with E-state index < -0.39 is 0 Å². The average Bonchev–Trinajstić information content (AvgIpc) is 2.54. The van der Waals surface area contributed by atoms with Gasteiger partial charge in [0.05, 0.1) is 12.2 Å². The molecule has 0 aromatic carbocycles. The van der Waals surface area contributed by atoms with Crippen molar-refractivity contribution >= 4 is 11.3 Å². The lowest BCUT2D eigenvalue weighted by molar-refractivity contribution is -0.0652. The summed E-state index contributed by atoms with van der Waals surface area (Å²) in [5.74, 6) is 0. The molecule has 3 heteroatoms. The third-order valence-electron chi connectivity index (χ3n) is 2.42. The summed E-state index contributed by atoms with van der Waals surface area (Å²) in [4.78, 5) is 0. The second-order valence-electron chi connectivity index (χ2n) is 3.78. The van der Waals surface area contributed by atoms with Gasteiger partial charge in [0, 0.05) is 13.1 Å². The Hall–Kier alpha value is -0.380. The molecule has 0 spiro atoms. The zero-order valence-electron chi connectivity index (χ0n) is 7.88. The van der Waals surface area contributed by atoms with E-state index in [-0.39, 0.29) is 5.60 Å². The summed E-state index contributed by atoms with van der Waals surface area (Å²) < 4.78 is 5.78. The normalized spacial score (nSPS) is 19.8. The first-order valence-corrected chi connectivity index (χ1v) is 5.59. The lowest BCUT2D eigenvalue weighted by atomic mass is 10.0. The largest absolute Gasteiger partial charge is 0.372 e. The van der Waals surface area contributed by atoms with E-state index in [2.05, 4.69) is 29.1 Å². The van der Waals surface area contributed by atoms with Gasteiger partial charge in [0.1, 0.15) is 0 Å². The van der Waals surface area contributed by atoms with Crippen molar-refractivity contribution in [2.24, 2.45) is 0 Å². The molecule has 2 nitrogen and oxygen atoms in total. The van der Waals surface area contributed by atoms with Crippen LogP contribution < -0.4 is 5.32 Å². The number of ether oxygens (including phenoxy) is 1. The molecule has 1 N–H and O–H groups in total. The van der Waals surface area contributed by atoms with Gasteiger partial charge in [-0.25, -0.2) is 0 Å². The van der Waals surface area contributed by atoms with Gasteiger partial charge in [-0.1, -0.05) is 0 Å². The van der Waals surface area contributed by atoms with Gasteiger partial charge in [0.15, 0.2) is 0 Å². The van der Waals surface area contributed by atoms with Crippen molar-refractivity contribution in [2.45, 2.75) is 18.9 Å². The fourth-order valence-corrected chi connectivity index (χ4v) is 2.13. The smallest absolute Gasteiger partial charge is 0.0901 e. The SMILES string of the molecule is CC1(OCCc2ccsc2)CNC1. The first kappa shape index (κ1) is 9.19. The summed E-state index contributed by atoms with van der Waals surface area (Å²) in [6.07, 6.45) is 1.04. The molecule has 0 unspecified atom stereocenters. The third kappa shape index (κ3) is 2.30. The lowest BCUT2D eigenvalue weighted by Crippen LogP contribution is -2.59. The third-order valence-corrected chi connectivity index (χ3v) is 3.15.